The largest absolute Gasteiger partial charge is 0.466 e. The lowest BCUT2D eigenvalue weighted by atomic mass is 9.80. The number of nitrogens with one attached hydrogen (secondary N) is 1. The van der Waals surface area contributed by atoms with Crippen LogP contribution < -0.4 is 5.32 Å². The van der Waals surface area contributed by atoms with Gasteiger partial charge >= 0.3 is 11.9 Å². The third kappa shape index (κ3) is 5.98. The van der Waals surface area contributed by atoms with Crippen LogP contribution in [0.1, 0.15) is 44.2 Å². The van der Waals surface area contributed by atoms with Crippen molar-refractivity contribution in [3.8, 4) is 0 Å². The molecule has 2 aliphatic rings. The second kappa shape index (κ2) is 10.9. The van der Waals surface area contributed by atoms with Crippen molar-refractivity contribution in [2.45, 2.75) is 45.3 Å². The number of esters is 2. The lowest BCUT2D eigenvalue weighted by molar-refractivity contribution is -0.384. The van der Waals surface area contributed by atoms with Crippen LogP contribution in [0.25, 0.3) is 0 Å². The minimum atomic E-state index is -0.970. The van der Waals surface area contributed by atoms with E-state index in [1.54, 1.807) is 26.8 Å². The number of allylic oxidation sites excluding steroid dienone is 2. The maximum atomic E-state index is 13.7. The van der Waals surface area contributed by atoms with Crippen LogP contribution in [0, 0.1) is 21.7 Å². The highest BCUT2D eigenvalue weighted by atomic mass is 19.1. The normalized spacial score (nSPS) is 21.5. The van der Waals surface area contributed by atoms with Gasteiger partial charge < -0.3 is 14.8 Å². The minimum Gasteiger partial charge on any atom is -0.466 e. The zero-order valence-electron chi connectivity index (χ0n) is 22.0. The molecule has 2 aromatic rings. The van der Waals surface area contributed by atoms with Crippen LogP contribution in [0.4, 0.5) is 14.5 Å². The first-order valence-corrected chi connectivity index (χ1v) is 12.3. The van der Waals surface area contributed by atoms with Gasteiger partial charge in [-0.15, -0.1) is 0 Å². The summed E-state index contributed by atoms with van der Waals surface area (Å²) in [4.78, 5) is 39.4. The van der Waals surface area contributed by atoms with E-state index in [0.717, 1.165) is 6.07 Å². The highest BCUT2D eigenvalue weighted by molar-refractivity contribution is 6.00. The molecule has 0 spiro atoms. The van der Waals surface area contributed by atoms with Gasteiger partial charge in [-0.05, 0) is 44.0 Å². The number of dihydropyridines is 1. The summed E-state index contributed by atoms with van der Waals surface area (Å²) in [7, 11) is 1.22. The number of methoxy groups -OCH3 is 1. The smallest absolute Gasteiger partial charge is 0.337 e. The monoisotopic (exact) mass is 541 g/mol. The molecule has 0 saturated carbocycles. The number of likely N-dealkylation sites (tertiary alicyclic amines) is 1. The maximum absolute atomic E-state index is 13.7. The molecule has 1 saturated heterocycles. The fraction of sp³-hybridized carbons (Fsp3) is 0.357. The lowest BCUT2D eigenvalue weighted by Gasteiger charge is -2.32. The molecule has 9 nitrogen and oxygen atoms in total. The Morgan fingerprint density at radius 2 is 1.74 bits per heavy atom. The molecule has 0 aromatic heterocycles. The summed E-state index contributed by atoms with van der Waals surface area (Å²) in [5.74, 6) is -3.67. The zero-order chi connectivity index (χ0) is 28.5. The van der Waals surface area contributed by atoms with E-state index in [4.69, 9.17) is 9.47 Å². The lowest BCUT2D eigenvalue weighted by Crippen LogP contribution is -2.39. The van der Waals surface area contributed by atoms with Crippen molar-refractivity contribution in [1.29, 1.82) is 0 Å². The Morgan fingerprint density at radius 1 is 1.10 bits per heavy atom. The molecule has 2 aliphatic heterocycles. The number of halogens is 2. The third-order valence-electron chi connectivity index (χ3n) is 6.98. The number of carbonyl (C=O) groups excluding carboxylic acids is 2. The molecule has 39 heavy (non-hydrogen) atoms. The Balaban J connectivity index is 1.62. The molecule has 1 unspecified atom stereocenters. The molecule has 4 rings (SSSR count). The summed E-state index contributed by atoms with van der Waals surface area (Å²) < 4.78 is 38.3. The van der Waals surface area contributed by atoms with Gasteiger partial charge in [0.1, 0.15) is 17.2 Å². The molecule has 1 N–H and O–H groups in total. The number of nitro groups is 1. The van der Waals surface area contributed by atoms with Crippen molar-refractivity contribution in [2.24, 2.45) is 0 Å². The second-order valence-electron chi connectivity index (χ2n) is 10.1. The Kier molecular flexibility index (Phi) is 7.82. The van der Waals surface area contributed by atoms with Gasteiger partial charge in [-0.2, -0.15) is 0 Å². The Morgan fingerprint density at radius 3 is 2.36 bits per heavy atom. The highest BCUT2D eigenvalue weighted by Crippen LogP contribution is 2.41. The standard InChI is InChI=1S/C28H29F2N3O6/c1-16-23(26(34)38-4)25(19-6-5-7-22(12-19)33(36)37)24(17(2)31-16)27(35)39-28(3)8-9-32(15-28)14-18-10-20(29)13-21(30)11-18/h5-7,10-13,25,31H,8-9,14-15H2,1-4H3/t25-,28?/m0/s1. The van der Waals surface area contributed by atoms with E-state index in [1.165, 1.54) is 37.4 Å². The maximum Gasteiger partial charge on any atom is 0.337 e. The first kappa shape index (κ1) is 27.9. The quantitative estimate of drug-likeness (QED) is 0.310. The van der Waals surface area contributed by atoms with Crippen molar-refractivity contribution < 1.29 is 32.8 Å². The van der Waals surface area contributed by atoms with E-state index < -0.39 is 40.0 Å². The molecule has 2 atom stereocenters. The summed E-state index contributed by atoms with van der Waals surface area (Å²) in [6.07, 6.45) is 0.469. The molecule has 0 aliphatic carbocycles. The molecule has 0 radical (unpaired) electrons. The summed E-state index contributed by atoms with van der Waals surface area (Å²) in [6, 6.07) is 9.08. The van der Waals surface area contributed by atoms with Gasteiger partial charge in [0, 0.05) is 55.6 Å². The number of benzene rings is 2. The van der Waals surface area contributed by atoms with Gasteiger partial charge in [-0.25, -0.2) is 18.4 Å². The number of rotatable bonds is 7. The predicted molar refractivity (Wildman–Crippen MR) is 137 cm³/mol. The van der Waals surface area contributed by atoms with Crippen LogP contribution in [0.5, 0.6) is 0 Å². The molecule has 1 fully saturated rings. The number of non-ortho nitro benzene ring substituents is 1. The molecule has 0 bridgehead atoms. The number of ether oxygens (including phenoxy) is 2. The van der Waals surface area contributed by atoms with E-state index in [-0.39, 0.29) is 23.4 Å². The highest BCUT2D eigenvalue weighted by Gasteiger charge is 2.43. The van der Waals surface area contributed by atoms with Crippen LogP contribution >= 0.6 is 0 Å². The topological polar surface area (TPSA) is 111 Å². The third-order valence-corrected chi connectivity index (χ3v) is 6.98. The molecule has 2 heterocycles. The van der Waals surface area contributed by atoms with Crippen molar-refractivity contribution in [3.63, 3.8) is 0 Å². The Labute approximate surface area is 224 Å². The van der Waals surface area contributed by atoms with Gasteiger partial charge in [-0.1, -0.05) is 12.1 Å². The van der Waals surface area contributed by atoms with Crippen LogP contribution in [-0.2, 0) is 25.6 Å². The molecule has 0 amide bonds. The number of nitrogens with zero attached hydrogens (tertiary/aromatic N) is 2. The number of nitro benzene ring substituents is 1. The van der Waals surface area contributed by atoms with Crippen LogP contribution in [0.2, 0.25) is 0 Å². The van der Waals surface area contributed by atoms with E-state index >= 15 is 0 Å². The first-order chi connectivity index (χ1) is 18.4. The van der Waals surface area contributed by atoms with Gasteiger partial charge in [0.05, 0.1) is 29.1 Å². The van der Waals surface area contributed by atoms with Crippen molar-refractivity contribution in [3.05, 3.63) is 97.9 Å². The molecule has 206 valence electrons. The van der Waals surface area contributed by atoms with Gasteiger partial charge in [0.25, 0.3) is 5.69 Å². The predicted octanol–water partition coefficient (Wildman–Crippen LogP) is 4.49. The van der Waals surface area contributed by atoms with Crippen molar-refractivity contribution in [1.82, 2.24) is 10.2 Å². The Bertz CT molecular complexity index is 1390. The van der Waals surface area contributed by atoms with Crippen LogP contribution in [0.15, 0.2) is 65.0 Å². The van der Waals surface area contributed by atoms with Gasteiger partial charge in [0.2, 0.25) is 0 Å². The molecule has 11 heteroatoms. The molecular weight excluding hydrogens is 512 g/mol. The minimum absolute atomic E-state index is 0.133. The summed E-state index contributed by atoms with van der Waals surface area (Å²) in [5.41, 5.74) is 0.879. The zero-order valence-corrected chi connectivity index (χ0v) is 22.0. The van der Waals surface area contributed by atoms with Crippen LogP contribution in [0.3, 0.4) is 0 Å². The fourth-order valence-corrected chi connectivity index (χ4v) is 5.28. The summed E-state index contributed by atoms with van der Waals surface area (Å²) in [5, 5.41) is 14.5. The number of hydrogen-bond donors (Lipinski definition) is 1. The summed E-state index contributed by atoms with van der Waals surface area (Å²) in [6.45, 7) is 6.22. The molecular formula is C28H29F2N3O6. The van der Waals surface area contributed by atoms with Crippen molar-refractivity contribution in [2.75, 3.05) is 20.2 Å². The SMILES string of the molecule is COC(=O)C1=C(C)NC(C)=C(C(=O)OC2(C)CCN(Cc3cc(F)cc(F)c3)C2)[C@H]1c1cccc([N+](=O)[O-])c1. The summed E-state index contributed by atoms with van der Waals surface area (Å²) >= 11 is 0. The van der Waals surface area contributed by atoms with Crippen LogP contribution in [-0.4, -0.2) is 47.6 Å². The van der Waals surface area contributed by atoms with Gasteiger partial charge in [0.15, 0.2) is 0 Å². The molecule has 2 aromatic carbocycles. The second-order valence-corrected chi connectivity index (χ2v) is 10.1. The van der Waals surface area contributed by atoms with Crippen molar-refractivity contribution >= 4 is 17.6 Å². The fourth-order valence-electron chi connectivity index (χ4n) is 5.28. The average Bonchev–Trinajstić information content (AvgIpc) is 3.21. The van der Waals surface area contributed by atoms with E-state index in [2.05, 4.69) is 5.32 Å². The van der Waals surface area contributed by atoms with E-state index in [1.807, 2.05) is 4.90 Å². The average molecular weight is 542 g/mol. The first-order valence-electron chi connectivity index (χ1n) is 12.3. The van der Waals surface area contributed by atoms with E-state index in [0.29, 0.717) is 42.0 Å². The Hall–Kier alpha value is -4.12. The number of carbonyl (C=O) groups is 2. The van der Waals surface area contributed by atoms with E-state index in [9.17, 15) is 28.5 Å². The number of hydrogen-bond acceptors (Lipinski definition) is 8. The van der Waals surface area contributed by atoms with Gasteiger partial charge in [-0.3, -0.25) is 15.0 Å².